The summed E-state index contributed by atoms with van der Waals surface area (Å²) < 4.78 is 0. The highest BCUT2D eigenvalue weighted by atomic mass is 16.3. The van der Waals surface area contributed by atoms with Gasteiger partial charge < -0.3 is 9.90 Å². The topological polar surface area (TPSA) is 54.4 Å². The Morgan fingerprint density at radius 3 is 2.77 bits per heavy atom. The molecule has 1 aromatic rings. The molecule has 3 nitrogen and oxygen atoms in total. The van der Waals surface area contributed by atoms with E-state index in [1.54, 1.807) is 13.0 Å². The molecule has 0 spiro atoms. The molecule has 0 heterocycles. The van der Waals surface area contributed by atoms with Gasteiger partial charge in [0.25, 0.3) is 0 Å². The predicted molar refractivity (Wildman–Crippen MR) is 47.9 cm³/mol. The normalized spacial score (nSPS) is 9.62. The minimum Gasteiger partial charge on any atom is -0.508 e. The lowest BCUT2D eigenvalue weighted by molar-refractivity contribution is -0.107. The number of hydrogen-bond acceptors (Lipinski definition) is 3. The third-order valence-corrected chi connectivity index (χ3v) is 1.79. The Hall–Kier alpha value is -1.64. The van der Waals surface area contributed by atoms with Gasteiger partial charge in [0.1, 0.15) is 12.0 Å². The highest BCUT2D eigenvalue weighted by Gasteiger charge is 2.06. The summed E-state index contributed by atoms with van der Waals surface area (Å²) in [6, 6.07) is 4.53. The fourth-order valence-electron chi connectivity index (χ4n) is 1.02. The first kappa shape index (κ1) is 9.45. The largest absolute Gasteiger partial charge is 0.508 e. The zero-order valence-electron chi connectivity index (χ0n) is 7.28. The Kier molecular flexibility index (Phi) is 2.80. The first-order valence-electron chi connectivity index (χ1n) is 3.91. The lowest BCUT2D eigenvalue weighted by Crippen LogP contribution is -1.99. The van der Waals surface area contributed by atoms with Gasteiger partial charge in [0.05, 0.1) is 6.42 Å². The number of Topliss-reactive ketones (excluding diaryl/α,β-unsaturated/α-hetero) is 1. The van der Waals surface area contributed by atoms with Crippen LogP contribution in [0, 0.1) is 6.92 Å². The summed E-state index contributed by atoms with van der Waals surface area (Å²) in [5, 5.41) is 9.17. The van der Waals surface area contributed by atoms with E-state index in [0.29, 0.717) is 17.4 Å². The van der Waals surface area contributed by atoms with Crippen LogP contribution >= 0.6 is 0 Å². The summed E-state index contributed by atoms with van der Waals surface area (Å²) in [4.78, 5) is 21.3. The Morgan fingerprint density at radius 2 is 2.23 bits per heavy atom. The van der Waals surface area contributed by atoms with Crippen molar-refractivity contribution in [1.82, 2.24) is 0 Å². The number of carbonyl (C=O) groups is 2. The first-order valence-corrected chi connectivity index (χ1v) is 3.91. The number of hydrogen-bond donors (Lipinski definition) is 1. The van der Waals surface area contributed by atoms with Crippen LogP contribution in [0.5, 0.6) is 5.75 Å². The van der Waals surface area contributed by atoms with E-state index in [1.807, 2.05) is 0 Å². The van der Waals surface area contributed by atoms with Crippen LogP contribution in [0.25, 0.3) is 0 Å². The van der Waals surface area contributed by atoms with Crippen LogP contribution in [-0.2, 0) is 4.79 Å². The molecule has 68 valence electrons. The van der Waals surface area contributed by atoms with Crippen LogP contribution in [0.15, 0.2) is 18.2 Å². The second-order valence-corrected chi connectivity index (χ2v) is 2.80. The molecule has 0 aliphatic carbocycles. The molecule has 0 bridgehead atoms. The zero-order chi connectivity index (χ0) is 9.84. The van der Waals surface area contributed by atoms with E-state index in [2.05, 4.69) is 0 Å². The average molecular weight is 178 g/mol. The van der Waals surface area contributed by atoms with Crippen molar-refractivity contribution < 1.29 is 14.7 Å². The molecule has 0 aromatic heterocycles. The highest BCUT2D eigenvalue weighted by molar-refractivity contribution is 6.02. The molecular formula is C10H10O3. The smallest absolute Gasteiger partial charge is 0.169 e. The molecule has 0 saturated heterocycles. The Labute approximate surface area is 76.0 Å². The Morgan fingerprint density at radius 1 is 1.54 bits per heavy atom. The van der Waals surface area contributed by atoms with Gasteiger partial charge in [0.15, 0.2) is 5.78 Å². The molecule has 0 saturated carbocycles. The van der Waals surface area contributed by atoms with Crippen molar-refractivity contribution in [2.45, 2.75) is 13.3 Å². The lowest BCUT2D eigenvalue weighted by Gasteiger charge is -2.00. The van der Waals surface area contributed by atoms with Crippen molar-refractivity contribution in [3.05, 3.63) is 29.3 Å². The SMILES string of the molecule is Cc1cc(C(=O)CC=O)ccc1O. The third-order valence-electron chi connectivity index (χ3n) is 1.79. The number of aryl methyl sites for hydroxylation is 1. The predicted octanol–water partition coefficient (Wildman–Crippen LogP) is 1.47. The molecule has 0 aliphatic heterocycles. The second kappa shape index (κ2) is 3.85. The molecule has 1 rings (SSSR count). The van der Waals surface area contributed by atoms with E-state index < -0.39 is 0 Å². The maximum atomic E-state index is 11.2. The lowest BCUT2D eigenvalue weighted by atomic mass is 10.1. The number of aldehydes is 1. The van der Waals surface area contributed by atoms with E-state index in [1.165, 1.54) is 12.1 Å². The zero-order valence-corrected chi connectivity index (χ0v) is 7.28. The van der Waals surface area contributed by atoms with Crippen LogP contribution in [0.3, 0.4) is 0 Å². The van der Waals surface area contributed by atoms with Crippen molar-refractivity contribution in [3.63, 3.8) is 0 Å². The number of phenolic OH excluding ortho intramolecular Hbond substituents is 1. The van der Waals surface area contributed by atoms with Gasteiger partial charge in [-0.2, -0.15) is 0 Å². The van der Waals surface area contributed by atoms with Crippen molar-refractivity contribution in [3.8, 4) is 5.75 Å². The van der Waals surface area contributed by atoms with Gasteiger partial charge in [0, 0.05) is 5.56 Å². The number of aromatic hydroxyl groups is 1. The number of rotatable bonds is 3. The van der Waals surface area contributed by atoms with Crippen molar-refractivity contribution >= 4 is 12.1 Å². The molecule has 0 radical (unpaired) electrons. The van der Waals surface area contributed by atoms with Gasteiger partial charge >= 0.3 is 0 Å². The second-order valence-electron chi connectivity index (χ2n) is 2.80. The molecule has 0 fully saturated rings. The van der Waals surface area contributed by atoms with Crippen LogP contribution < -0.4 is 0 Å². The molecule has 3 heteroatoms. The molecule has 0 amide bonds. The van der Waals surface area contributed by atoms with E-state index in [0.717, 1.165) is 0 Å². The van der Waals surface area contributed by atoms with Gasteiger partial charge in [-0.25, -0.2) is 0 Å². The summed E-state index contributed by atoms with van der Waals surface area (Å²) in [5.41, 5.74) is 1.10. The number of phenols is 1. The van der Waals surface area contributed by atoms with Gasteiger partial charge in [-0.15, -0.1) is 0 Å². The van der Waals surface area contributed by atoms with Crippen LogP contribution in [-0.4, -0.2) is 17.2 Å². The minimum absolute atomic E-state index is 0.107. The summed E-state index contributed by atoms with van der Waals surface area (Å²) in [6.07, 6.45) is 0.467. The van der Waals surface area contributed by atoms with E-state index in [-0.39, 0.29) is 18.0 Å². The number of ketones is 1. The quantitative estimate of drug-likeness (QED) is 0.433. The molecule has 1 aromatic carbocycles. The van der Waals surface area contributed by atoms with E-state index >= 15 is 0 Å². The molecular weight excluding hydrogens is 168 g/mol. The number of benzene rings is 1. The Balaban J connectivity index is 2.96. The van der Waals surface area contributed by atoms with Gasteiger partial charge in [0.2, 0.25) is 0 Å². The molecule has 0 atom stereocenters. The van der Waals surface area contributed by atoms with Crippen LogP contribution in [0.4, 0.5) is 0 Å². The standard InChI is InChI=1S/C10H10O3/c1-7-6-8(2-3-9(7)12)10(13)4-5-11/h2-3,5-6,12H,4H2,1H3. The van der Waals surface area contributed by atoms with E-state index in [4.69, 9.17) is 0 Å². The average Bonchev–Trinajstić information content (AvgIpc) is 2.10. The monoisotopic (exact) mass is 178 g/mol. The number of carbonyl (C=O) groups excluding carboxylic acids is 2. The third kappa shape index (κ3) is 2.15. The highest BCUT2D eigenvalue weighted by Crippen LogP contribution is 2.17. The maximum Gasteiger partial charge on any atom is 0.169 e. The maximum absolute atomic E-state index is 11.2. The summed E-state index contributed by atoms with van der Waals surface area (Å²) >= 11 is 0. The van der Waals surface area contributed by atoms with Crippen molar-refractivity contribution in [1.29, 1.82) is 0 Å². The van der Waals surface area contributed by atoms with Crippen molar-refractivity contribution in [2.75, 3.05) is 0 Å². The molecule has 13 heavy (non-hydrogen) atoms. The fraction of sp³-hybridized carbons (Fsp3) is 0.200. The first-order chi connectivity index (χ1) is 6.15. The van der Waals surface area contributed by atoms with Gasteiger partial charge in [-0.05, 0) is 30.7 Å². The van der Waals surface area contributed by atoms with Crippen LogP contribution in [0.2, 0.25) is 0 Å². The molecule has 0 aliphatic rings. The summed E-state index contributed by atoms with van der Waals surface area (Å²) in [7, 11) is 0. The fourth-order valence-corrected chi connectivity index (χ4v) is 1.02. The minimum atomic E-state index is -0.224. The van der Waals surface area contributed by atoms with Gasteiger partial charge in [-0.1, -0.05) is 0 Å². The Bertz CT molecular complexity index is 342. The van der Waals surface area contributed by atoms with Crippen LogP contribution in [0.1, 0.15) is 22.3 Å². The van der Waals surface area contributed by atoms with Crippen molar-refractivity contribution in [2.24, 2.45) is 0 Å². The molecule has 0 unspecified atom stereocenters. The molecule has 1 N–H and O–H groups in total. The van der Waals surface area contributed by atoms with E-state index in [9.17, 15) is 14.7 Å². The summed E-state index contributed by atoms with van der Waals surface area (Å²) in [6.45, 7) is 1.70. The summed E-state index contributed by atoms with van der Waals surface area (Å²) in [5.74, 6) is -0.0687. The van der Waals surface area contributed by atoms with Gasteiger partial charge in [-0.3, -0.25) is 4.79 Å².